The van der Waals surface area contributed by atoms with Crippen LogP contribution in [0.2, 0.25) is 0 Å². The molecule has 1 unspecified atom stereocenters. The fraction of sp³-hybridized carbons (Fsp3) is 0.385. The van der Waals surface area contributed by atoms with Gasteiger partial charge in [0.2, 0.25) is 5.91 Å². The molecule has 0 saturated carbocycles. The van der Waals surface area contributed by atoms with Crippen molar-refractivity contribution in [2.75, 3.05) is 25.0 Å². The van der Waals surface area contributed by atoms with Gasteiger partial charge < -0.3 is 15.4 Å². The molecule has 3 heterocycles. The summed E-state index contributed by atoms with van der Waals surface area (Å²) in [7, 11) is 0. The summed E-state index contributed by atoms with van der Waals surface area (Å²) in [5, 5.41) is 10.1. The number of aromatic nitrogens is 4. The van der Waals surface area contributed by atoms with Crippen LogP contribution in [0.5, 0.6) is 0 Å². The van der Waals surface area contributed by atoms with Crippen molar-refractivity contribution in [3.8, 4) is 5.82 Å². The number of nitrogens with zero attached hydrogens (tertiary/aromatic N) is 4. The minimum atomic E-state index is -0.113. The van der Waals surface area contributed by atoms with Gasteiger partial charge in [0.05, 0.1) is 24.8 Å². The van der Waals surface area contributed by atoms with Crippen LogP contribution in [0.15, 0.2) is 31.0 Å². The summed E-state index contributed by atoms with van der Waals surface area (Å²) in [6, 6.07) is 3.54. The highest BCUT2D eigenvalue weighted by Gasteiger charge is 2.18. The molecule has 0 bridgehead atoms. The second-order valence-corrected chi connectivity index (χ2v) is 4.66. The molecule has 2 aromatic heterocycles. The van der Waals surface area contributed by atoms with Gasteiger partial charge in [-0.2, -0.15) is 5.10 Å². The molecule has 3 rings (SSSR count). The van der Waals surface area contributed by atoms with Crippen molar-refractivity contribution < 1.29 is 9.53 Å². The smallest absolute Gasteiger partial charge is 0.227 e. The van der Waals surface area contributed by atoms with Gasteiger partial charge in [0.15, 0.2) is 5.82 Å². The lowest BCUT2D eigenvalue weighted by Gasteiger charge is -2.23. The van der Waals surface area contributed by atoms with Crippen LogP contribution in [0.3, 0.4) is 0 Å². The van der Waals surface area contributed by atoms with E-state index in [4.69, 9.17) is 4.74 Å². The minimum Gasteiger partial charge on any atom is -0.375 e. The van der Waals surface area contributed by atoms with Crippen molar-refractivity contribution in [2.45, 2.75) is 12.5 Å². The van der Waals surface area contributed by atoms with E-state index in [0.717, 1.165) is 6.54 Å². The molecule has 1 fully saturated rings. The number of halogens is 2. The number of ether oxygens (including phenoxy) is 1. The first-order valence-corrected chi connectivity index (χ1v) is 6.75. The zero-order chi connectivity index (χ0) is 14.5. The van der Waals surface area contributed by atoms with E-state index in [9.17, 15) is 4.79 Å². The van der Waals surface area contributed by atoms with E-state index in [1.165, 1.54) is 17.3 Å². The summed E-state index contributed by atoms with van der Waals surface area (Å²) >= 11 is 0. The third kappa shape index (κ3) is 5.14. The molecule has 0 aromatic carbocycles. The van der Waals surface area contributed by atoms with E-state index in [-0.39, 0.29) is 36.8 Å². The van der Waals surface area contributed by atoms with Gasteiger partial charge in [0.25, 0.3) is 0 Å². The highest BCUT2D eigenvalue weighted by molar-refractivity contribution is 5.92. The molecule has 10 heteroatoms. The summed E-state index contributed by atoms with van der Waals surface area (Å²) in [6.07, 6.45) is 4.80. The highest BCUT2D eigenvalue weighted by atomic mass is 35.5. The van der Waals surface area contributed by atoms with Crippen LogP contribution in [-0.2, 0) is 9.53 Å². The predicted molar refractivity (Wildman–Crippen MR) is 89.5 cm³/mol. The Morgan fingerprint density at radius 1 is 1.48 bits per heavy atom. The van der Waals surface area contributed by atoms with Crippen LogP contribution < -0.4 is 10.6 Å². The molecule has 2 N–H and O–H groups in total. The van der Waals surface area contributed by atoms with Gasteiger partial charge in [-0.1, -0.05) is 0 Å². The zero-order valence-electron chi connectivity index (χ0n) is 12.2. The highest BCUT2D eigenvalue weighted by Crippen LogP contribution is 2.16. The first-order chi connectivity index (χ1) is 10.3. The predicted octanol–water partition coefficient (Wildman–Crippen LogP) is 0.823. The fourth-order valence-electron chi connectivity index (χ4n) is 2.15. The Balaban J connectivity index is 0.00000132. The lowest BCUT2D eigenvalue weighted by molar-refractivity contribution is -0.119. The number of pyridine rings is 1. The van der Waals surface area contributed by atoms with Crippen molar-refractivity contribution >= 4 is 36.4 Å². The molecule has 1 atom stereocenters. The van der Waals surface area contributed by atoms with Crippen LogP contribution in [0.25, 0.3) is 5.82 Å². The van der Waals surface area contributed by atoms with E-state index < -0.39 is 0 Å². The van der Waals surface area contributed by atoms with Gasteiger partial charge in [0, 0.05) is 19.3 Å². The van der Waals surface area contributed by atoms with Gasteiger partial charge in [-0.05, 0) is 12.1 Å². The molecule has 8 nitrogen and oxygen atoms in total. The topological polar surface area (TPSA) is 94.0 Å². The Labute approximate surface area is 145 Å². The average Bonchev–Trinajstić information content (AvgIpc) is 3.03. The Bertz CT molecular complexity index is 604. The van der Waals surface area contributed by atoms with Gasteiger partial charge in [0.1, 0.15) is 12.7 Å². The second kappa shape index (κ2) is 9.41. The van der Waals surface area contributed by atoms with Crippen molar-refractivity contribution in [2.24, 2.45) is 0 Å². The second-order valence-electron chi connectivity index (χ2n) is 4.66. The SMILES string of the molecule is Cl.Cl.O=C(CC1CNCCO1)Nc1cccnc1-n1cncn1. The van der Waals surface area contributed by atoms with Crippen molar-refractivity contribution in [1.82, 2.24) is 25.1 Å². The Morgan fingerprint density at radius 3 is 3.04 bits per heavy atom. The molecule has 1 aliphatic heterocycles. The number of hydrogen-bond acceptors (Lipinski definition) is 6. The molecule has 2 aromatic rings. The van der Waals surface area contributed by atoms with Gasteiger partial charge in [-0.15, -0.1) is 24.8 Å². The largest absolute Gasteiger partial charge is 0.375 e. The first-order valence-electron chi connectivity index (χ1n) is 6.75. The third-order valence-electron chi connectivity index (χ3n) is 3.11. The fourth-order valence-corrected chi connectivity index (χ4v) is 2.15. The standard InChI is InChI=1S/C13H16N6O2.2ClH/c20-12(6-10-7-14-4-5-21-10)18-11-2-1-3-16-13(11)19-9-15-8-17-19;;/h1-3,8-10,14H,4-7H2,(H,18,20);2*1H. The molecular formula is C13H18Cl2N6O2. The molecule has 0 spiro atoms. The zero-order valence-corrected chi connectivity index (χ0v) is 13.8. The molecule has 1 saturated heterocycles. The quantitative estimate of drug-likeness (QED) is 0.838. The summed E-state index contributed by atoms with van der Waals surface area (Å²) in [5.41, 5.74) is 0.594. The first kappa shape index (κ1) is 19.3. The number of amides is 1. The molecule has 1 aliphatic rings. The number of rotatable bonds is 4. The third-order valence-corrected chi connectivity index (χ3v) is 3.11. The lowest BCUT2D eigenvalue weighted by Crippen LogP contribution is -2.40. The van der Waals surface area contributed by atoms with E-state index in [0.29, 0.717) is 31.1 Å². The monoisotopic (exact) mass is 360 g/mol. The van der Waals surface area contributed by atoms with Crippen LogP contribution in [0, 0.1) is 0 Å². The number of anilines is 1. The maximum atomic E-state index is 12.1. The van der Waals surface area contributed by atoms with E-state index >= 15 is 0 Å². The summed E-state index contributed by atoms with van der Waals surface area (Å²) < 4.78 is 7.03. The van der Waals surface area contributed by atoms with Crippen molar-refractivity contribution in [1.29, 1.82) is 0 Å². The van der Waals surface area contributed by atoms with E-state index in [1.807, 2.05) is 0 Å². The summed E-state index contributed by atoms with van der Waals surface area (Å²) in [6.45, 7) is 2.16. The Hall–Kier alpha value is -1.74. The van der Waals surface area contributed by atoms with Gasteiger partial charge in [-0.3, -0.25) is 4.79 Å². The summed E-state index contributed by atoms with van der Waals surface area (Å²) in [5.74, 6) is 0.420. The average molecular weight is 361 g/mol. The van der Waals surface area contributed by atoms with Crippen LogP contribution in [0.1, 0.15) is 6.42 Å². The number of morpholine rings is 1. The molecule has 23 heavy (non-hydrogen) atoms. The molecule has 126 valence electrons. The molecule has 1 amide bonds. The maximum absolute atomic E-state index is 12.1. The normalized spacial score (nSPS) is 16.8. The maximum Gasteiger partial charge on any atom is 0.227 e. The Kier molecular flexibility index (Phi) is 7.90. The number of nitrogens with one attached hydrogen (secondary N) is 2. The van der Waals surface area contributed by atoms with Crippen molar-refractivity contribution in [3.05, 3.63) is 31.0 Å². The minimum absolute atomic E-state index is 0. The van der Waals surface area contributed by atoms with Crippen molar-refractivity contribution in [3.63, 3.8) is 0 Å². The van der Waals surface area contributed by atoms with E-state index in [1.54, 1.807) is 18.3 Å². The molecule has 0 radical (unpaired) electrons. The molecular weight excluding hydrogens is 343 g/mol. The van der Waals surface area contributed by atoms with Crippen LogP contribution in [0.4, 0.5) is 5.69 Å². The van der Waals surface area contributed by atoms with Gasteiger partial charge >= 0.3 is 0 Å². The lowest BCUT2D eigenvalue weighted by atomic mass is 10.2. The summed E-state index contributed by atoms with van der Waals surface area (Å²) in [4.78, 5) is 20.2. The Morgan fingerprint density at radius 2 is 2.35 bits per heavy atom. The number of carbonyl (C=O) groups excluding carboxylic acids is 1. The van der Waals surface area contributed by atoms with Crippen LogP contribution >= 0.6 is 24.8 Å². The van der Waals surface area contributed by atoms with E-state index in [2.05, 4.69) is 25.7 Å². The van der Waals surface area contributed by atoms with Crippen LogP contribution in [-0.4, -0.2) is 51.5 Å². The van der Waals surface area contributed by atoms with Gasteiger partial charge in [-0.25, -0.2) is 14.6 Å². The molecule has 0 aliphatic carbocycles. The number of hydrogen-bond donors (Lipinski definition) is 2. The number of carbonyl (C=O) groups is 1.